The highest BCUT2D eigenvalue weighted by Crippen LogP contribution is 2.11. The van der Waals surface area contributed by atoms with Crippen LogP contribution in [-0.4, -0.2) is 49.3 Å². The molecule has 0 bridgehead atoms. The summed E-state index contributed by atoms with van der Waals surface area (Å²) in [7, 11) is -1.28. The van der Waals surface area contributed by atoms with Gasteiger partial charge in [0.05, 0.1) is 12.8 Å². The van der Waals surface area contributed by atoms with Crippen LogP contribution < -0.4 is 10.0 Å². The van der Waals surface area contributed by atoms with E-state index in [0.29, 0.717) is 19.6 Å². The number of hydrogen-bond donors (Lipinski definition) is 2. The number of urea groups is 1. The molecule has 1 aliphatic rings. The molecule has 7 nitrogen and oxygen atoms in total. The van der Waals surface area contributed by atoms with Crippen LogP contribution in [0.5, 0.6) is 0 Å². The molecule has 1 aromatic heterocycles. The van der Waals surface area contributed by atoms with E-state index in [-0.39, 0.29) is 12.1 Å². The van der Waals surface area contributed by atoms with Crippen molar-refractivity contribution in [3.05, 3.63) is 23.5 Å². The lowest BCUT2D eigenvalue weighted by atomic mass is 10.1. The summed E-state index contributed by atoms with van der Waals surface area (Å²) in [6.45, 7) is 3.53. The van der Waals surface area contributed by atoms with Gasteiger partial charge in [-0.2, -0.15) is 0 Å². The summed E-state index contributed by atoms with van der Waals surface area (Å²) >= 11 is 0. The third-order valence-corrected chi connectivity index (χ3v) is 4.75. The first-order valence-electron chi connectivity index (χ1n) is 7.37. The Morgan fingerprint density at radius 1 is 1.41 bits per heavy atom. The fourth-order valence-electron chi connectivity index (χ4n) is 2.68. The number of hydrogen-bond acceptors (Lipinski definition) is 3. The molecule has 22 heavy (non-hydrogen) atoms. The van der Waals surface area contributed by atoms with Gasteiger partial charge in [-0.25, -0.2) is 17.9 Å². The topological polar surface area (TPSA) is 83.4 Å². The number of aryl methyl sites for hydroxylation is 1. The maximum atomic E-state index is 12.2. The second kappa shape index (κ2) is 6.70. The van der Waals surface area contributed by atoms with Gasteiger partial charge in [0, 0.05) is 37.6 Å². The van der Waals surface area contributed by atoms with Crippen molar-refractivity contribution in [2.45, 2.75) is 32.4 Å². The van der Waals surface area contributed by atoms with Crippen molar-refractivity contribution in [1.82, 2.24) is 19.5 Å². The molecule has 0 aliphatic carbocycles. The minimum Gasteiger partial charge on any atom is -0.350 e. The average molecular weight is 328 g/mol. The van der Waals surface area contributed by atoms with Crippen LogP contribution in [-0.2, 0) is 23.6 Å². The Morgan fingerprint density at radius 2 is 2.14 bits per heavy atom. The molecule has 1 atom stereocenters. The smallest absolute Gasteiger partial charge is 0.317 e. The molecule has 0 aromatic carbocycles. The SMILES string of the molecule is Cc1ccc(CNC(=O)N2CCCC(NS(C)(=O)=O)C2)n1C. The highest BCUT2D eigenvalue weighted by molar-refractivity contribution is 7.88. The molecule has 8 heteroatoms. The van der Waals surface area contributed by atoms with E-state index >= 15 is 0 Å². The lowest BCUT2D eigenvalue weighted by Crippen LogP contribution is -2.51. The summed E-state index contributed by atoms with van der Waals surface area (Å²) < 4.78 is 27.2. The Hall–Kier alpha value is -1.54. The van der Waals surface area contributed by atoms with Crippen molar-refractivity contribution < 1.29 is 13.2 Å². The van der Waals surface area contributed by atoms with E-state index in [0.717, 1.165) is 30.5 Å². The molecule has 1 saturated heterocycles. The number of piperidine rings is 1. The van der Waals surface area contributed by atoms with Crippen LogP contribution in [0.15, 0.2) is 12.1 Å². The Bertz CT molecular complexity index is 639. The van der Waals surface area contributed by atoms with Gasteiger partial charge in [-0.3, -0.25) is 0 Å². The van der Waals surface area contributed by atoms with Crippen molar-refractivity contribution in [2.75, 3.05) is 19.3 Å². The standard InChI is InChI=1S/C14H24N4O3S/c1-11-6-7-13(17(11)2)9-15-14(19)18-8-4-5-12(10-18)16-22(3,20)21/h6-7,12,16H,4-5,8-10H2,1-3H3,(H,15,19). The van der Waals surface area contributed by atoms with Crippen molar-refractivity contribution in [1.29, 1.82) is 0 Å². The molecule has 0 radical (unpaired) electrons. The number of carbonyl (C=O) groups is 1. The normalized spacial score (nSPS) is 19.2. The third kappa shape index (κ3) is 4.48. The molecule has 1 aromatic rings. The quantitative estimate of drug-likeness (QED) is 0.847. The first-order valence-corrected chi connectivity index (χ1v) is 9.26. The van der Waals surface area contributed by atoms with Gasteiger partial charge in [-0.1, -0.05) is 0 Å². The lowest BCUT2D eigenvalue weighted by molar-refractivity contribution is 0.177. The van der Waals surface area contributed by atoms with Crippen LogP contribution in [0.1, 0.15) is 24.2 Å². The van der Waals surface area contributed by atoms with E-state index in [1.165, 1.54) is 0 Å². The minimum absolute atomic E-state index is 0.154. The van der Waals surface area contributed by atoms with E-state index < -0.39 is 10.0 Å². The van der Waals surface area contributed by atoms with Crippen LogP contribution in [0.3, 0.4) is 0 Å². The molecule has 2 N–H and O–H groups in total. The molecule has 0 saturated carbocycles. The van der Waals surface area contributed by atoms with Gasteiger partial charge in [0.2, 0.25) is 10.0 Å². The average Bonchev–Trinajstić information content (AvgIpc) is 2.74. The predicted molar refractivity (Wildman–Crippen MR) is 85.0 cm³/mol. The van der Waals surface area contributed by atoms with Gasteiger partial charge >= 0.3 is 6.03 Å². The van der Waals surface area contributed by atoms with Gasteiger partial charge in [-0.15, -0.1) is 0 Å². The predicted octanol–water partition coefficient (Wildman–Crippen LogP) is 0.557. The molecule has 2 heterocycles. The highest BCUT2D eigenvalue weighted by atomic mass is 32.2. The van der Waals surface area contributed by atoms with Crippen molar-refractivity contribution in [3.8, 4) is 0 Å². The van der Waals surface area contributed by atoms with Crippen LogP contribution in [0.4, 0.5) is 4.79 Å². The second-order valence-electron chi connectivity index (χ2n) is 5.86. The number of carbonyl (C=O) groups excluding carboxylic acids is 1. The first kappa shape index (κ1) is 16.8. The third-order valence-electron chi connectivity index (χ3n) is 3.99. The van der Waals surface area contributed by atoms with Gasteiger partial charge in [0.15, 0.2) is 0 Å². The highest BCUT2D eigenvalue weighted by Gasteiger charge is 2.25. The summed E-state index contributed by atoms with van der Waals surface area (Å²) in [6.07, 6.45) is 2.70. The first-order chi connectivity index (χ1) is 10.3. The van der Waals surface area contributed by atoms with E-state index in [4.69, 9.17) is 0 Å². The number of nitrogens with one attached hydrogen (secondary N) is 2. The number of amides is 2. The summed E-state index contributed by atoms with van der Waals surface area (Å²) in [5.41, 5.74) is 2.17. The van der Waals surface area contributed by atoms with Crippen molar-refractivity contribution in [3.63, 3.8) is 0 Å². The molecule has 0 spiro atoms. The minimum atomic E-state index is -3.24. The zero-order valence-electron chi connectivity index (χ0n) is 13.3. The Kier molecular flexibility index (Phi) is 5.12. The Morgan fingerprint density at radius 3 is 2.73 bits per heavy atom. The maximum absolute atomic E-state index is 12.2. The van der Waals surface area contributed by atoms with E-state index in [1.54, 1.807) is 4.90 Å². The maximum Gasteiger partial charge on any atom is 0.317 e. The Balaban J connectivity index is 1.88. The molecule has 2 amide bonds. The van der Waals surface area contributed by atoms with Gasteiger partial charge < -0.3 is 14.8 Å². The van der Waals surface area contributed by atoms with Crippen LogP contribution >= 0.6 is 0 Å². The zero-order valence-corrected chi connectivity index (χ0v) is 14.1. The van der Waals surface area contributed by atoms with Gasteiger partial charge in [0.1, 0.15) is 0 Å². The number of nitrogens with zero attached hydrogens (tertiary/aromatic N) is 2. The lowest BCUT2D eigenvalue weighted by Gasteiger charge is -2.32. The van der Waals surface area contributed by atoms with Crippen LogP contribution in [0.2, 0.25) is 0 Å². The fraction of sp³-hybridized carbons (Fsp3) is 0.643. The summed E-state index contributed by atoms with van der Waals surface area (Å²) in [6, 6.07) is 3.64. The fourth-order valence-corrected chi connectivity index (χ4v) is 3.48. The molecule has 1 fully saturated rings. The molecular formula is C14H24N4O3S. The van der Waals surface area contributed by atoms with Crippen LogP contribution in [0, 0.1) is 6.92 Å². The monoisotopic (exact) mass is 328 g/mol. The molecular weight excluding hydrogens is 304 g/mol. The van der Waals surface area contributed by atoms with E-state index in [1.807, 2.05) is 30.7 Å². The van der Waals surface area contributed by atoms with E-state index in [9.17, 15) is 13.2 Å². The summed E-state index contributed by atoms with van der Waals surface area (Å²) in [5, 5.41) is 2.90. The second-order valence-corrected chi connectivity index (χ2v) is 7.64. The number of sulfonamides is 1. The van der Waals surface area contributed by atoms with Gasteiger partial charge in [-0.05, 0) is 31.9 Å². The zero-order chi connectivity index (χ0) is 16.3. The number of aromatic nitrogens is 1. The molecule has 124 valence electrons. The molecule has 1 aliphatic heterocycles. The Labute approximate surface area is 131 Å². The van der Waals surface area contributed by atoms with Gasteiger partial charge in [0.25, 0.3) is 0 Å². The summed E-state index contributed by atoms with van der Waals surface area (Å²) in [4.78, 5) is 13.9. The van der Waals surface area contributed by atoms with Crippen molar-refractivity contribution >= 4 is 16.1 Å². The van der Waals surface area contributed by atoms with Crippen LogP contribution in [0.25, 0.3) is 0 Å². The number of rotatable bonds is 4. The van der Waals surface area contributed by atoms with E-state index in [2.05, 4.69) is 10.0 Å². The number of likely N-dealkylation sites (tertiary alicyclic amines) is 1. The summed E-state index contributed by atoms with van der Waals surface area (Å²) in [5.74, 6) is 0. The molecule has 2 rings (SSSR count). The largest absolute Gasteiger partial charge is 0.350 e. The van der Waals surface area contributed by atoms with Crippen molar-refractivity contribution in [2.24, 2.45) is 7.05 Å². The molecule has 1 unspecified atom stereocenters.